The summed E-state index contributed by atoms with van der Waals surface area (Å²) in [6.07, 6.45) is 3.57. The number of nitrogens with zero attached hydrogens (tertiary/aromatic N) is 1. The minimum Gasteiger partial charge on any atom is -0.465 e. The number of hydrogen-bond acceptors (Lipinski definition) is 6. The Balaban J connectivity index is 2.18. The molecule has 0 aliphatic heterocycles. The molecule has 2 atom stereocenters. The van der Waals surface area contributed by atoms with Gasteiger partial charge in [0.05, 0.1) is 7.11 Å². The number of hydrogen-bond donors (Lipinski definition) is 2. The summed E-state index contributed by atoms with van der Waals surface area (Å²) < 4.78 is 8.72. The van der Waals surface area contributed by atoms with E-state index in [1.807, 2.05) is 0 Å². The van der Waals surface area contributed by atoms with Gasteiger partial charge in [0.1, 0.15) is 10.6 Å². The van der Waals surface area contributed by atoms with Crippen LogP contribution in [0.5, 0.6) is 0 Å². The van der Waals surface area contributed by atoms with E-state index in [4.69, 9.17) is 10.5 Å². The van der Waals surface area contributed by atoms with Crippen LogP contribution in [0.2, 0.25) is 0 Å². The van der Waals surface area contributed by atoms with E-state index >= 15 is 0 Å². The van der Waals surface area contributed by atoms with Gasteiger partial charge in [-0.1, -0.05) is 13.3 Å². The largest absolute Gasteiger partial charge is 0.465 e. The molecular formula is C11H17N3O2S. The molecule has 17 heavy (non-hydrogen) atoms. The maximum Gasteiger partial charge on any atom is 0.344 e. The third-order valence-corrected chi connectivity index (χ3v) is 4.08. The van der Waals surface area contributed by atoms with E-state index in [2.05, 4.69) is 16.6 Å². The maximum absolute atomic E-state index is 11.6. The Morgan fingerprint density at radius 3 is 2.94 bits per heavy atom. The molecule has 0 spiro atoms. The summed E-state index contributed by atoms with van der Waals surface area (Å²) in [6.45, 7) is 2.22. The number of aromatic nitrogens is 1. The van der Waals surface area contributed by atoms with Crippen LogP contribution in [-0.2, 0) is 4.74 Å². The van der Waals surface area contributed by atoms with E-state index in [9.17, 15) is 4.79 Å². The highest BCUT2D eigenvalue weighted by molar-refractivity contribution is 7.11. The zero-order chi connectivity index (χ0) is 12.4. The molecule has 0 saturated heterocycles. The Morgan fingerprint density at radius 2 is 2.35 bits per heavy atom. The number of methoxy groups -OCH3 is 1. The molecule has 94 valence electrons. The fraction of sp³-hybridized carbons (Fsp3) is 0.636. The van der Waals surface area contributed by atoms with Crippen molar-refractivity contribution < 1.29 is 9.53 Å². The normalized spacial score (nSPS) is 23.6. The van der Waals surface area contributed by atoms with Gasteiger partial charge >= 0.3 is 5.97 Å². The van der Waals surface area contributed by atoms with Gasteiger partial charge in [0.15, 0.2) is 5.82 Å². The van der Waals surface area contributed by atoms with Gasteiger partial charge in [-0.05, 0) is 30.3 Å². The molecule has 0 bridgehead atoms. The molecule has 1 fully saturated rings. The lowest BCUT2D eigenvalue weighted by molar-refractivity contribution is 0.0603. The molecule has 2 unspecified atom stereocenters. The molecule has 1 aliphatic rings. The van der Waals surface area contributed by atoms with Gasteiger partial charge < -0.3 is 15.8 Å². The van der Waals surface area contributed by atoms with Gasteiger partial charge in [-0.3, -0.25) is 0 Å². The Labute approximate surface area is 105 Å². The lowest BCUT2D eigenvalue weighted by Crippen LogP contribution is -2.22. The van der Waals surface area contributed by atoms with E-state index in [1.54, 1.807) is 0 Å². The predicted molar refractivity (Wildman–Crippen MR) is 68.3 cm³/mol. The zero-order valence-corrected chi connectivity index (χ0v) is 10.8. The van der Waals surface area contributed by atoms with Crippen LogP contribution in [-0.4, -0.2) is 23.5 Å². The van der Waals surface area contributed by atoms with Crippen molar-refractivity contribution in [2.24, 2.45) is 5.92 Å². The van der Waals surface area contributed by atoms with Gasteiger partial charge in [0.2, 0.25) is 0 Å². The monoisotopic (exact) mass is 255 g/mol. The van der Waals surface area contributed by atoms with Crippen LogP contribution in [0, 0.1) is 5.92 Å². The molecule has 1 saturated carbocycles. The van der Waals surface area contributed by atoms with Crippen molar-refractivity contribution in [3.8, 4) is 0 Å². The number of nitrogen functional groups attached to an aromatic ring is 1. The number of nitrogens with two attached hydrogens (primary N) is 1. The number of ether oxygens (including phenoxy) is 1. The van der Waals surface area contributed by atoms with Crippen LogP contribution >= 0.6 is 11.5 Å². The van der Waals surface area contributed by atoms with E-state index in [0.717, 1.165) is 11.4 Å². The smallest absolute Gasteiger partial charge is 0.344 e. The second kappa shape index (κ2) is 4.91. The molecule has 5 nitrogen and oxygen atoms in total. The second-order valence-corrected chi connectivity index (χ2v) is 5.20. The number of rotatable bonds is 3. The molecule has 1 aliphatic carbocycles. The fourth-order valence-electron chi connectivity index (χ4n) is 2.23. The van der Waals surface area contributed by atoms with Crippen molar-refractivity contribution in [1.29, 1.82) is 0 Å². The van der Waals surface area contributed by atoms with E-state index in [-0.39, 0.29) is 5.82 Å². The van der Waals surface area contributed by atoms with Crippen molar-refractivity contribution in [1.82, 2.24) is 4.37 Å². The van der Waals surface area contributed by atoms with Crippen LogP contribution in [0.4, 0.5) is 10.8 Å². The summed E-state index contributed by atoms with van der Waals surface area (Å²) in [7, 11) is 1.35. The van der Waals surface area contributed by atoms with Crippen LogP contribution in [0.25, 0.3) is 0 Å². The average molecular weight is 255 g/mol. The number of anilines is 2. The fourth-order valence-corrected chi connectivity index (χ4v) is 2.99. The molecule has 2 rings (SSSR count). The lowest BCUT2D eigenvalue weighted by Gasteiger charge is -2.17. The summed E-state index contributed by atoms with van der Waals surface area (Å²) in [4.78, 5) is 11.6. The first-order valence-electron chi connectivity index (χ1n) is 5.73. The van der Waals surface area contributed by atoms with Gasteiger partial charge in [-0.15, -0.1) is 0 Å². The Morgan fingerprint density at radius 1 is 1.59 bits per heavy atom. The van der Waals surface area contributed by atoms with E-state index in [0.29, 0.717) is 17.5 Å². The topological polar surface area (TPSA) is 77.2 Å². The summed E-state index contributed by atoms with van der Waals surface area (Å²) in [5, 5.41) is 4.10. The molecule has 0 aromatic carbocycles. The lowest BCUT2D eigenvalue weighted by atomic mass is 10.1. The van der Waals surface area contributed by atoms with E-state index in [1.165, 1.54) is 31.5 Å². The van der Waals surface area contributed by atoms with Gasteiger partial charge in [0.25, 0.3) is 0 Å². The van der Waals surface area contributed by atoms with Crippen molar-refractivity contribution in [2.45, 2.75) is 32.2 Å². The first-order valence-corrected chi connectivity index (χ1v) is 6.50. The second-order valence-electron chi connectivity index (χ2n) is 4.42. The molecule has 0 radical (unpaired) electrons. The van der Waals surface area contributed by atoms with Crippen LogP contribution < -0.4 is 11.1 Å². The minimum atomic E-state index is -0.426. The van der Waals surface area contributed by atoms with Gasteiger partial charge in [-0.25, -0.2) is 4.79 Å². The number of nitrogens with one attached hydrogen (secondary N) is 1. The summed E-state index contributed by atoms with van der Waals surface area (Å²) in [6, 6.07) is 0.401. The average Bonchev–Trinajstić information content (AvgIpc) is 2.86. The molecule has 1 aromatic rings. The summed E-state index contributed by atoms with van der Waals surface area (Å²) >= 11 is 1.22. The van der Waals surface area contributed by atoms with Crippen molar-refractivity contribution in [3.63, 3.8) is 0 Å². The van der Waals surface area contributed by atoms with Gasteiger partial charge in [0, 0.05) is 6.04 Å². The van der Waals surface area contributed by atoms with Crippen LogP contribution in [0.1, 0.15) is 36.5 Å². The van der Waals surface area contributed by atoms with Crippen LogP contribution in [0.15, 0.2) is 0 Å². The third-order valence-electron chi connectivity index (χ3n) is 3.29. The first kappa shape index (κ1) is 12.2. The zero-order valence-electron chi connectivity index (χ0n) is 10.0. The molecule has 6 heteroatoms. The predicted octanol–water partition coefficient (Wildman–Crippen LogP) is 2.11. The van der Waals surface area contributed by atoms with Crippen LogP contribution in [0.3, 0.4) is 0 Å². The molecule has 1 aromatic heterocycles. The Hall–Kier alpha value is -1.30. The highest BCUT2D eigenvalue weighted by Gasteiger charge is 2.27. The SMILES string of the molecule is COC(=O)c1c(N)nsc1NC1CCCC1C. The van der Waals surface area contributed by atoms with Crippen molar-refractivity contribution in [2.75, 3.05) is 18.2 Å². The third kappa shape index (κ3) is 2.36. The highest BCUT2D eigenvalue weighted by atomic mass is 32.1. The van der Waals surface area contributed by atoms with Crippen molar-refractivity contribution >= 4 is 28.3 Å². The first-order chi connectivity index (χ1) is 8.13. The number of carbonyl (C=O) groups excluding carboxylic acids is 1. The molecule has 1 heterocycles. The summed E-state index contributed by atoms with van der Waals surface area (Å²) in [5.41, 5.74) is 6.06. The van der Waals surface area contributed by atoms with Crippen molar-refractivity contribution in [3.05, 3.63) is 5.56 Å². The molecular weight excluding hydrogens is 238 g/mol. The molecule has 3 N–H and O–H groups in total. The number of esters is 1. The summed E-state index contributed by atoms with van der Waals surface area (Å²) in [5.74, 6) is 0.434. The Kier molecular flexibility index (Phi) is 3.51. The number of carbonyl (C=O) groups is 1. The quantitative estimate of drug-likeness (QED) is 0.809. The molecule has 0 amide bonds. The maximum atomic E-state index is 11.6. The standard InChI is InChI=1S/C11H17N3O2S/c1-6-4-3-5-7(6)13-10-8(11(15)16-2)9(12)14-17-10/h6-7,13H,3-5H2,1-2H3,(H2,12,14). The van der Waals surface area contributed by atoms with Gasteiger partial charge in [-0.2, -0.15) is 4.37 Å². The van der Waals surface area contributed by atoms with E-state index < -0.39 is 5.97 Å². The highest BCUT2D eigenvalue weighted by Crippen LogP contribution is 2.33. The minimum absolute atomic E-state index is 0.245. The Bertz CT molecular complexity index is 419.